The largest absolute Gasteiger partial charge is 0.491 e. The van der Waals surface area contributed by atoms with Crippen LogP contribution in [0.5, 0.6) is 17.2 Å². The Balaban J connectivity index is 1.45. The van der Waals surface area contributed by atoms with Gasteiger partial charge in [0.05, 0.1) is 0 Å². The monoisotopic (exact) mass is 329 g/mol. The van der Waals surface area contributed by atoms with Gasteiger partial charge >= 0.3 is 0 Å². The number of rotatable bonds is 7. The normalized spacial score (nSPS) is 14.0. The lowest BCUT2D eigenvalue weighted by molar-refractivity contribution is 0.0744. The number of benzene rings is 2. The van der Waals surface area contributed by atoms with Crippen LogP contribution in [0.15, 0.2) is 42.5 Å². The molecule has 2 aromatic carbocycles. The molecule has 1 heterocycles. The van der Waals surface area contributed by atoms with Crippen LogP contribution in [0, 0.1) is 6.92 Å². The van der Waals surface area contributed by atoms with Crippen molar-refractivity contribution in [2.45, 2.75) is 19.6 Å². The molecule has 5 nitrogen and oxygen atoms in total. The summed E-state index contributed by atoms with van der Waals surface area (Å²) in [4.78, 5) is 2.06. The van der Waals surface area contributed by atoms with Crippen LogP contribution in [-0.4, -0.2) is 43.1 Å². The predicted octanol–water partition coefficient (Wildman–Crippen LogP) is 2.60. The molecule has 128 valence electrons. The molecular weight excluding hydrogens is 306 g/mol. The van der Waals surface area contributed by atoms with Crippen LogP contribution >= 0.6 is 0 Å². The van der Waals surface area contributed by atoms with Crippen LogP contribution in [0.1, 0.15) is 11.1 Å². The van der Waals surface area contributed by atoms with E-state index >= 15 is 0 Å². The molecule has 0 fully saturated rings. The van der Waals surface area contributed by atoms with E-state index < -0.39 is 6.10 Å². The molecule has 24 heavy (non-hydrogen) atoms. The summed E-state index contributed by atoms with van der Waals surface area (Å²) >= 11 is 0. The molecule has 0 aromatic heterocycles. The molecule has 0 spiro atoms. The molecule has 1 atom stereocenters. The number of fused-ring (bicyclic) bond motifs is 1. The first-order chi connectivity index (χ1) is 11.6. The molecule has 0 amide bonds. The average molecular weight is 329 g/mol. The minimum Gasteiger partial charge on any atom is -0.491 e. The van der Waals surface area contributed by atoms with Crippen molar-refractivity contribution in [3.63, 3.8) is 0 Å². The molecule has 1 aliphatic heterocycles. The second kappa shape index (κ2) is 7.55. The smallest absolute Gasteiger partial charge is 0.231 e. The van der Waals surface area contributed by atoms with Crippen molar-refractivity contribution in [3.05, 3.63) is 53.6 Å². The summed E-state index contributed by atoms with van der Waals surface area (Å²) in [6, 6.07) is 13.7. The Morgan fingerprint density at radius 3 is 2.67 bits per heavy atom. The van der Waals surface area contributed by atoms with Gasteiger partial charge in [-0.1, -0.05) is 23.8 Å². The lowest BCUT2D eigenvalue weighted by Crippen LogP contribution is -2.32. The van der Waals surface area contributed by atoms with Crippen LogP contribution in [0.4, 0.5) is 0 Å². The zero-order valence-electron chi connectivity index (χ0n) is 14.1. The minimum atomic E-state index is -0.551. The summed E-state index contributed by atoms with van der Waals surface area (Å²) in [5, 5.41) is 10.2. The van der Waals surface area contributed by atoms with Crippen LogP contribution in [0.3, 0.4) is 0 Å². The number of aliphatic hydroxyl groups excluding tert-OH is 1. The Morgan fingerprint density at radius 1 is 1.12 bits per heavy atom. The molecule has 0 radical (unpaired) electrons. The van der Waals surface area contributed by atoms with Crippen molar-refractivity contribution in [2.75, 3.05) is 27.0 Å². The number of aryl methyl sites for hydroxylation is 1. The summed E-state index contributed by atoms with van der Waals surface area (Å²) in [5.74, 6) is 2.34. The van der Waals surface area contributed by atoms with Gasteiger partial charge in [0.25, 0.3) is 0 Å². The summed E-state index contributed by atoms with van der Waals surface area (Å²) in [6.07, 6.45) is -0.551. The van der Waals surface area contributed by atoms with E-state index in [1.54, 1.807) is 0 Å². The Labute approximate surface area is 142 Å². The Morgan fingerprint density at radius 2 is 1.88 bits per heavy atom. The lowest BCUT2D eigenvalue weighted by Gasteiger charge is -2.21. The average Bonchev–Trinajstić information content (AvgIpc) is 3.02. The Bertz CT molecular complexity index is 672. The quantitative estimate of drug-likeness (QED) is 0.846. The molecule has 2 aromatic rings. The molecule has 5 heteroatoms. The van der Waals surface area contributed by atoms with Crippen molar-refractivity contribution in [1.29, 1.82) is 0 Å². The molecule has 1 unspecified atom stereocenters. The third kappa shape index (κ3) is 4.40. The second-order valence-electron chi connectivity index (χ2n) is 6.16. The van der Waals surface area contributed by atoms with E-state index in [9.17, 15) is 5.11 Å². The number of aliphatic hydroxyl groups is 1. The maximum absolute atomic E-state index is 10.2. The van der Waals surface area contributed by atoms with Gasteiger partial charge in [0.15, 0.2) is 11.5 Å². The first-order valence-corrected chi connectivity index (χ1v) is 8.05. The standard InChI is InChI=1S/C19H23NO4/c1-14-3-6-17(7-4-14)22-12-16(21)11-20(2)10-15-5-8-18-19(9-15)24-13-23-18/h3-9,16,21H,10-13H2,1-2H3. The van der Waals surface area contributed by atoms with E-state index in [1.165, 1.54) is 5.56 Å². The van der Waals surface area contributed by atoms with E-state index in [0.717, 1.165) is 29.4 Å². The zero-order chi connectivity index (χ0) is 16.9. The third-order valence-electron chi connectivity index (χ3n) is 3.88. The first-order valence-electron chi connectivity index (χ1n) is 8.05. The highest BCUT2D eigenvalue weighted by atomic mass is 16.7. The second-order valence-corrected chi connectivity index (χ2v) is 6.16. The maximum Gasteiger partial charge on any atom is 0.231 e. The summed E-state index contributed by atoms with van der Waals surface area (Å²) < 4.78 is 16.3. The Hall–Kier alpha value is -2.24. The van der Waals surface area contributed by atoms with Crippen molar-refractivity contribution < 1.29 is 19.3 Å². The van der Waals surface area contributed by atoms with Gasteiger partial charge in [-0.25, -0.2) is 0 Å². The molecule has 1 N–H and O–H groups in total. The number of ether oxygens (including phenoxy) is 3. The number of hydrogen-bond acceptors (Lipinski definition) is 5. The minimum absolute atomic E-state index is 0.272. The fourth-order valence-electron chi connectivity index (χ4n) is 2.65. The summed E-state index contributed by atoms with van der Waals surface area (Å²) in [7, 11) is 1.97. The molecule has 3 rings (SSSR count). The maximum atomic E-state index is 10.2. The summed E-state index contributed by atoms with van der Waals surface area (Å²) in [6.45, 7) is 3.83. The van der Waals surface area contributed by atoms with E-state index in [1.807, 2.05) is 56.4 Å². The van der Waals surface area contributed by atoms with E-state index in [-0.39, 0.29) is 13.4 Å². The van der Waals surface area contributed by atoms with Gasteiger partial charge in [-0.3, -0.25) is 4.90 Å². The van der Waals surface area contributed by atoms with Crippen molar-refractivity contribution >= 4 is 0 Å². The first kappa shape index (κ1) is 16.6. The van der Waals surface area contributed by atoms with Gasteiger partial charge < -0.3 is 19.3 Å². The molecule has 0 saturated carbocycles. The molecule has 0 bridgehead atoms. The molecular formula is C19H23NO4. The number of likely N-dealkylation sites (N-methyl/N-ethyl adjacent to an activating group) is 1. The third-order valence-corrected chi connectivity index (χ3v) is 3.88. The topological polar surface area (TPSA) is 51.2 Å². The van der Waals surface area contributed by atoms with Crippen LogP contribution in [-0.2, 0) is 6.54 Å². The van der Waals surface area contributed by atoms with Crippen molar-refractivity contribution in [1.82, 2.24) is 4.90 Å². The van der Waals surface area contributed by atoms with Gasteiger partial charge in [0.2, 0.25) is 6.79 Å². The van der Waals surface area contributed by atoms with Crippen LogP contribution in [0.25, 0.3) is 0 Å². The van der Waals surface area contributed by atoms with Gasteiger partial charge in [0.1, 0.15) is 18.5 Å². The fourth-order valence-corrected chi connectivity index (χ4v) is 2.65. The fraction of sp³-hybridized carbons (Fsp3) is 0.368. The zero-order valence-corrected chi connectivity index (χ0v) is 14.1. The van der Waals surface area contributed by atoms with Gasteiger partial charge in [-0.15, -0.1) is 0 Å². The molecule has 0 aliphatic carbocycles. The Kier molecular flexibility index (Phi) is 5.23. The molecule has 1 aliphatic rings. The summed E-state index contributed by atoms with van der Waals surface area (Å²) in [5.41, 5.74) is 2.31. The highest BCUT2D eigenvalue weighted by Gasteiger charge is 2.15. The van der Waals surface area contributed by atoms with Crippen LogP contribution in [0.2, 0.25) is 0 Å². The SMILES string of the molecule is Cc1ccc(OCC(O)CN(C)Cc2ccc3c(c2)OCO3)cc1. The predicted molar refractivity (Wildman–Crippen MR) is 91.6 cm³/mol. The lowest BCUT2D eigenvalue weighted by atomic mass is 10.2. The van der Waals surface area contributed by atoms with Gasteiger partial charge in [-0.05, 0) is 43.8 Å². The van der Waals surface area contributed by atoms with Gasteiger partial charge in [0, 0.05) is 13.1 Å². The highest BCUT2D eigenvalue weighted by molar-refractivity contribution is 5.44. The highest BCUT2D eigenvalue weighted by Crippen LogP contribution is 2.32. The van der Waals surface area contributed by atoms with Crippen molar-refractivity contribution in [2.24, 2.45) is 0 Å². The van der Waals surface area contributed by atoms with E-state index in [0.29, 0.717) is 6.54 Å². The van der Waals surface area contributed by atoms with Gasteiger partial charge in [-0.2, -0.15) is 0 Å². The number of nitrogens with zero attached hydrogens (tertiary/aromatic N) is 1. The number of hydrogen-bond donors (Lipinski definition) is 1. The molecule has 0 saturated heterocycles. The van der Waals surface area contributed by atoms with E-state index in [4.69, 9.17) is 14.2 Å². The van der Waals surface area contributed by atoms with Crippen molar-refractivity contribution in [3.8, 4) is 17.2 Å². The van der Waals surface area contributed by atoms with E-state index in [2.05, 4.69) is 4.90 Å². The van der Waals surface area contributed by atoms with Crippen LogP contribution < -0.4 is 14.2 Å².